The van der Waals surface area contributed by atoms with Crippen LogP contribution in [0.4, 0.5) is 5.69 Å². The predicted molar refractivity (Wildman–Crippen MR) is 53.8 cm³/mol. The number of rotatable bonds is 1. The summed E-state index contributed by atoms with van der Waals surface area (Å²) in [5.74, 6) is 0. The smallest absolute Gasteiger partial charge is 0.281 e. The minimum atomic E-state index is -0.339. The summed E-state index contributed by atoms with van der Waals surface area (Å²) in [7, 11) is 0. The zero-order valence-electron chi connectivity index (χ0n) is 7.27. The molecule has 3 N–H and O–H groups in total. The van der Waals surface area contributed by atoms with Gasteiger partial charge in [0, 0.05) is 12.4 Å². The number of nitrogens with two attached hydrogens (primary N) is 1. The number of nitrogens with one attached hydrogen (secondary N) is 1. The molecule has 0 saturated heterocycles. The maximum absolute atomic E-state index is 11.6. The molecule has 0 fully saturated rings. The Morgan fingerprint density at radius 1 is 1.50 bits per heavy atom. The molecular weight excluding hydrogens is 180 g/mol. The lowest BCUT2D eigenvalue weighted by Gasteiger charge is -2.02. The first kappa shape index (κ1) is 8.43. The van der Waals surface area contributed by atoms with E-state index in [4.69, 9.17) is 11.1 Å². The number of hydrogen-bond donors (Lipinski definition) is 2. The second-order valence-electron chi connectivity index (χ2n) is 2.79. The van der Waals surface area contributed by atoms with Gasteiger partial charge in [0.05, 0.1) is 0 Å². The van der Waals surface area contributed by atoms with Gasteiger partial charge in [-0.3, -0.25) is 9.20 Å². The molecule has 14 heavy (non-hydrogen) atoms. The quantitative estimate of drug-likeness (QED) is 0.630. The second kappa shape index (κ2) is 2.95. The van der Waals surface area contributed by atoms with Crippen molar-refractivity contribution in [3.05, 3.63) is 40.4 Å². The van der Waals surface area contributed by atoms with Crippen LogP contribution in [0, 0.1) is 5.41 Å². The monoisotopic (exact) mass is 188 g/mol. The predicted octanol–water partition coefficient (Wildman–Crippen LogP) is 0.274. The third-order valence-corrected chi connectivity index (χ3v) is 1.94. The van der Waals surface area contributed by atoms with Crippen molar-refractivity contribution in [2.75, 3.05) is 5.73 Å². The van der Waals surface area contributed by atoms with Crippen molar-refractivity contribution in [2.45, 2.75) is 0 Å². The zero-order valence-corrected chi connectivity index (χ0v) is 7.27. The van der Waals surface area contributed by atoms with E-state index in [9.17, 15) is 4.79 Å². The van der Waals surface area contributed by atoms with E-state index in [-0.39, 0.29) is 16.9 Å². The van der Waals surface area contributed by atoms with Gasteiger partial charge in [-0.2, -0.15) is 0 Å². The molecule has 0 saturated carbocycles. The molecule has 2 aromatic heterocycles. The Hall–Kier alpha value is -2.17. The van der Waals surface area contributed by atoms with Crippen LogP contribution in [0.15, 0.2) is 29.2 Å². The lowest BCUT2D eigenvalue weighted by atomic mass is 10.3. The maximum Gasteiger partial charge on any atom is 0.281 e. The third-order valence-electron chi connectivity index (χ3n) is 1.94. The van der Waals surface area contributed by atoms with Gasteiger partial charge in [0.15, 0.2) is 0 Å². The maximum atomic E-state index is 11.6. The number of fused-ring (bicyclic) bond motifs is 1. The minimum absolute atomic E-state index is 0.00343. The molecule has 0 spiro atoms. The van der Waals surface area contributed by atoms with Gasteiger partial charge in [0.1, 0.15) is 17.0 Å². The summed E-state index contributed by atoms with van der Waals surface area (Å²) in [5, 5.41) is 7.04. The van der Waals surface area contributed by atoms with Gasteiger partial charge in [-0.1, -0.05) is 6.07 Å². The van der Waals surface area contributed by atoms with Crippen LogP contribution in [0.3, 0.4) is 0 Å². The topological polar surface area (TPSA) is 84.2 Å². The van der Waals surface area contributed by atoms with Gasteiger partial charge >= 0.3 is 0 Å². The van der Waals surface area contributed by atoms with E-state index in [1.165, 1.54) is 4.40 Å². The summed E-state index contributed by atoms with van der Waals surface area (Å²) in [6, 6.07) is 5.18. The molecule has 0 aromatic carbocycles. The second-order valence-corrected chi connectivity index (χ2v) is 2.79. The van der Waals surface area contributed by atoms with E-state index in [2.05, 4.69) is 4.98 Å². The highest BCUT2D eigenvalue weighted by molar-refractivity contribution is 5.82. The van der Waals surface area contributed by atoms with Crippen LogP contribution in [-0.2, 0) is 0 Å². The molecule has 0 amide bonds. The van der Waals surface area contributed by atoms with Gasteiger partial charge in [-0.25, -0.2) is 4.98 Å². The van der Waals surface area contributed by atoms with Crippen molar-refractivity contribution in [1.82, 2.24) is 9.38 Å². The average Bonchev–Trinajstić information content (AvgIpc) is 2.23. The standard InChI is InChI=1S/C9H8N4O/c10-5-6-8(11)9(14)13-4-2-1-3-7(13)12-6/h1-5,10H,11H2. The van der Waals surface area contributed by atoms with E-state index < -0.39 is 0 Å². The molecule has 2 rings (SSSR count). The summed E-state index contributed by atoms with van der Waals surface area (Å²) in [6.45, 7) is 0. The first-order valence-electron chi connectivity index (χ1n) is 4.01. The molecule has 0 bridgehead atoms. The van der Waals surface area contributed by atoms with Crippen LogP contribution in [0.5, 0.6) is 0 Å². The molecule has 0 aliphatic heterocycles. The molecule has 5 nitrogen and oxygen atoms in total. The highest BCUT2D eigenvalue weighted by Gasteiger charge is 2.05. The Kier molecular flexibility index (Phi) is 1.78. The van der Waals surface area contributed by atoms with E-state index in [1.54, 1.807) is 24.4 Å². The highest BCUT2D eigenvalue weighted by Crippen LogP contribution is 2.02. The Balaban J connectivity index is 2.99. The van der Waals surface area contributed by atoms with Crippen molar-refractivity contribution < 1.29 is 0 Å². The Morgan fingerprint density at radius 2 is 2.29 bits per heavy atom. The molecule has 0 unspecified atom stereocenters. The van der Waals surface area contributed by atoms with Crippen molar-refractivity contribution in [1.29, 1.82) is 5.41 Å². The number of nitrogens with zero attached hydrogens (tertiary/aromatic N) is 2. The zero-order chi connectivity index (χ0) is 10.1. The number of anilines is 1. The van der Waals surface area contributed by atoms with Gasteiger partial charge < -0.3 is 11.1 Å². The lowest BCUT2D eigenvalue weighted by molar-refractivity contribution is 1.05. The number of hydrogen-bond acceptors (Lipinski definition) is 4. The molecule has 0 atom stereocenters. The molecule has 5 heteroatoms. The van der Waals surface area contributed by atoms with E-state index in [1.807, 2.05) is 0 Å². The average molecular weight is 188 g/mol. The van der Waals surface area contributed by atoms with Gasteiger partial charge in [0.25, 0.3) is 5.56 Å². The largest absolute Gasteiger partial charge is 0.392 e. The summed E-state index contributed by atoms with van der Waals surface area (Å²) in [6.07, 6.45) is 2.57. The summed E-state index contributed by atoms with van der Waals surface area (Å²) >= 11 is 0. The number of nitrogen functional groups attached to an aromatic ring is 1. The summed E-state index contributed by atoms with van der Waals surface area (Å²) in [5.41, 5.74) is 5.88. The molecule has 0 aliphatic rings. The molecule has 0 radical (unpaired) electrons. The van der Waals surface area contributed by atoms with E-state index >= 15 is 0 Å². The Labute approximate surface area is 79.3 Å². The van der Waals surface area contributed by atoms with Crippen molar-refractivity contribution in [3.63, 3.8) is 0 Å². The lowest BCUT2D eigenvalue weighted by Crippen LogP contribution is -2.20. The van der Waals surface area contributed by atoms with Crippen molar-refractivity contribution in [3.8, 4) is 0 Å². The Bertz CT molecular complexity index is 558. The molecule has 70 valence electrons. The normalized spacial score (nSPS) is 10.3. The SMILES string of the molecule is N=Cc1nc2ccccn2c(=O)c1N. The van der Waals surface area contributed by atoms with Crippen LogP contribution < -0.4 is 11.3 Å². The van der Waals surface area contributed by atoms with E-state index in [0.29, 0.717) is 5.65 Å². The van der Waals surface area contributed by atoms with E-state index in [0.717, 1.165) is 6.21 Å². The summed E-state index contributed by atoms with van der Waals surface area (Å²) < 4.78 is 1.35. The first-order valence-corrected chi connectivity index (χ1v) is 4.01. The minimum Gasteiger partial charge on any atom is -0.392 e. The molecule has 0 aliphatic carbocycles. The fourth-order valence-corrected chi connectivity index (χ4v) is 1.23. The first-order chi connectivity index (χ1) is 6.74. The fraction of sp³-hybridized carbons (Fsp3) is 0. The van der Waals surface area contributed by atoms with Crippen LogP contribution in [0.25, 0.3) is 5.65 Å². The molecular formula is C9H8N4O. The molecule has 2 aromatic rings. The Morgan fingerprint density at radius 3 is 3.00 bits per heavy atom. The van der Waals surface area contributed by atoms with Gasteiger partial charge in [-0.05, 0) is 12.1 Å². The number of pyridine rings is 1. The van der Waals surface area contributed by atoms with Crippen LogP contribution in [0.1, 0.15) is 5.69 Å². The van der Waals surface area contributed by atoms with Crippen molar-refractivity contribution in [2.24, 2.45) is 0 Å². The van der Waals surface area contributed by atoms with Crippen LogP contribution >= 0.6 is 0 Å². The van der Waals surface area contributed by atoms with Crippen molar-refractivity contribution >= 4 is 17.5 Å². The van der Waals surface area contributed by atoms with Gasteiger partial charge in [-0.15, -0.1) is 0 Å². The number of aromatic nitrogens is 2. The highest BCUT2D eigenvalue weighted by atomic mass is 16.1. The third kappa shape index (κ3) is 1.06. The fourth-order valence-electron chi connectivity index (χ4n) is 1.23. The molecule has 2 heterocycles. The summed E-state index contributed by atoms with van der Waals surface area (Å²) in [4.78, 5) is 15.7. The van der Waals surface area contributed by atoms with Crippen LogP contribution in [0.2, 0.25) is 0 Å². The van der Waals surface area contributed by atoms with Crippen LogP contribution in [-0.4, -0.2) is 15.6 Å². The van der Waals surface area contributed by atoms with Gasteiger partial charge in [0.2, 0.25) is 0 Å².